The largest absolute Gasteiger partial charge is 0.454 e. The molecular formula is C20H20N4O4S. The van der Waals surface area contributed by atoms with Gasteiger partial charge in [-0.05, 0) is 30.2 Å². The standard InChI is InChI=1S/C20H20N4O4S/c1-12(2)17(22-19(26)13-7-4-3-5-8-13)20(27)28-11-16(25)21-14-9-6-10-15-18(14)24-29-23-15/h3-10,12,17H,11H2,1-2H3,(H,21,25)(H,22,26)/t17-/m0/s1. The molecule has 2 aromatic rings. The van der Waals surface area contributed by atoms with Crippen LogP contribution in [0, 0.1) is 5.92 Å². The maximum atomic E-state index is 12.4. The molecule has 150 valence electrons. The van der Waals surface area contributed by atoms with E-state index < -0.39 is 24.5 Å². The molecule has 0 saturated carbocycles. The van der Waals surface area contributed by atoms with Crippen LogP contribution >= 0.6 is 0 Å². The fourth-order valence-electron chi connectivity index (χ4n) is 2.63. The van der Waals surface area contributed by atoms with Crippen LogP contribution in [0.1, 0.15) is 24.2 Å². The molecule has 0 spiro atoms. The van der Waals surface area contributed by atoms with Gasteiger partial charge in [0.2, 0.25) is 0 Å². The van der Waals surface area contributed by atoms with Gasteiger partial charge >= 0.3 is 5.97 Å². The maximum absolute atomic E-state index is 12.4. The number of rotatable bonds is 7. The minimum atomic E-state index is -0.873. The van der Waals surface area contributed by atoms with Gasteiger partial charge < -0.3 is 15.4 Å². The second kappa shape index (κ2) is 9.24. The van der Waals surface area contributed by atoms with Gasteiger partial charge in [-0.3, -0.25) is 9.59 Å². The summed E-state index contributed by atoms with van der Waals surface area (Å²) in [4.78, 5) is 37.0. The minimum absolute atomic E-state index is 0.215. The fraction of sp³-hybridized carbons (Fsp3) is 0.250. The van der Waals surface area contributed by atoms with Gasteiger partial charge in [0.1, 0.15) is 17.4 Å². The molecule has 1 heterocycles. The third kappa shape index (κ3) is 5.14. The number of anilines is 1. The zero-order valence-electron chi connectivity index (χ0n) is 15.9. The van der Waals surface area contributed by atoms with E-state index in [1.807, 2.05) is 0 Å². The molecule has 0 unspecified atom stereocenters. The number of nitrogens with one attached hydrogen (secondary N) is 2. The van der Waals surface area contributed by atoms with Gasteiger partial charge in [-0.1, -0.05) is 38.1 Å². The van der Waals surface area contributed by atoms with Crippen LogP contribution in [0.5, 0.6) is 0 Å². The van der Waals surface area contributed by atoms with Crippen LogP contribution in [0.15, 0.2) is 57.3 Å². The van der Waals surface area contributed by atoms with Crippen molar-refractivity contribution in [2.24, 2.45) is 14.6 Å². The normalized spacial score (nSPS) is 12.7. The van der Waals surface area contributed by atoms with Crippen molar-refractivity contribution >= 4 is 46.2 Å². The molecule has 0 aromatic heterocycles. The minimum Gasteiger partial charge on any atom is -0.454 e. The van der Waals surface area contributed by atoms with Crippen molar-refractivity contribution in [2.75, 3.05) is 11.9 Å². The van der Waals surface area contributed by atoms with E-state index in [4.69, 9.17) is 4.74 Å². The third-order valence-electron chi connectivity index (χ3n) is 4.15. The average molecular weight is 412 g/mol. The van der Waals surface area contributed by atoms with Crippen molar-refractivity contribution in [3.8, 4) is 0 Å². The summed E-state index contributed by atoms with van der Waals surface area (Å²) >= 11 is 1.05. The van der Waals surface area contributed by atoms with E-state index in [1.54, 1.807) is 62.4 Å². The van der Waals surface area contributed by atoms with Gasteiger partial charge in [0.25, 0.3) is 11.8 Å². The van der Waals surface area contributed by atoms with Gasteiger partial charge in [0, 0.05) is 5.56 Å². The zero-order chi connectivity index (χ0) is 20.8. The highest BCUT2D eigenvalue weighted by Crippen LogP contribution is 2.38. The molecule has 0 radical (unpaired) electrons. The number of amides is 2. The van der Waals surface area contributed by atoms with Crippen molar-refractivity contribution in [2.45, 2.75) is 19.9 Å². The third-order valence-corrected chi connectivity index (χ3v) is 4.69. The van der Waals surface area contributed by atoms with E-state index >= 15 is 0 Å². The molecule has 3 rings (SSSR count). The van der Waals surface area contributed by atoms with Crippen molar-refractivity contribution in [1.29, 1.82) is 0 Å². The van der Waals surface area contributed by atoms with Crippen LogP contribution in [-0.4, -0.2) is 30.4 Å². The Labute approximate surface area is 171 Å². The van der Waals surface area contributed by atoms with Gasteiger partial charge in [0.05, 0.1) is 17.0 Å². The summed E-state index contributed by atoms with van der Waals surface area (Å²) in [6.45, 7) is 3.09. The Balaban J connectivity index is 1.56. The van der Waals surface area contributed by atoms with E-state index in [-0.39, 0.29) is 11.8 Å². The second-order valence-electron chi connectivity index (χ2n) is 6.65. The summed E-state index contributed by atoms with van der Waals surface area (Å²) in [6, 6.07) is 12.9. The molecule has 0 bridgehead atoms. The van der Waals surface area contributed by atoms with Crippen LogP contribution in [-0.2, 0) is 25.7 Å². The first-order chi connectivity index (χ1) is 14.0. The van der Waals surface area contributed by atoms with E-state index in [9.17, 15) is 14.4 Å². The lowest BCUT2D eigenvalue weighted by Gasteiger charge is -2.20. The first kappa shape index (κ1) is 20.4. The molecule has 0 aliphatic carbocycles. The summed E-state index contributed by atoms with van der Waals surface area (Å²) < 4.78 is 13.4. The number of nitrogens with zero attached hydrogens (tertiary/aromatic N) is 2. The number of hydrogen-bond donors (Lipinski definition) is 2. The Hall–Kier alpha value is -3.33. The first-order valence-corrected chi connectivity index (χ1v) is 9.72. The smallest absolute Gasteiger partial charge is 0.329 e. The van der Waals surface area contributed by atoms with Gasteiger partial charge in [0.15, 0.2) is 6.61 Å². The summed E-state index contributed by atoms with van der Waals surface area (Å²) in [5, 5.41) is 5.33. The lowest BCUT2D eigenvalue weighted by atomic mass is 10.0. The number of ether oxygens (including phenoxy) is 1. The maximum Gasteiger partial charge on any atom is 0.329 e. The number of hydrogen-bond acceptors (Lipinski definition) is 6. The van der Waals surface area contributed by atoms with Crippen LogP contribution in [0.2, 0.25) is 0 Å². The molecule has 1 aliphatic rings. The highest BCUT2D eigenvalue weighted by atomic mass is 32.1. The number of benzene rings is 2. The van der Waals surface area contributed by atoms with Crippen molar-refractivity contribution in [1.82, 2.24) is 5.32 Å². The van der Waals surface area contributed by atoms with Crippen molar-refractivity contribution < 1.29 is 19.1 Å². The van der Waals surface area contributed by atoms with Gasteiger partial charge in [-0.15, -0.1) is 0 Å². The van der Waals surface area contributed by atoms with E-state index in [0.717, 1.165) is 11.4 Å². The van der Waals surface area contributed by atoms with Crippen molar-refractivity contribution in [3.05, 3.63) is 54.1 Å². The lowest BCUT2D eigenvalue weighted by molar-refractivity contribution is -0.150. The SMILES string of the molecule is CC(C)[C@H](NC(=O)c1ccccc1)C(=O)OCC(=O)Nc1cccc2c1N=S=N2. The number of esters is 1. The number of carbonyl (C=O) groups excluding carboxylic acids is 3. The lowest BCUT2D eigenvalue weighted by Crippen LogP contribution is -2.45. The predicted molar refractivity (Wildman–Crippen MR) is 110 cm³/mol. The molecule has 1 atom stereocenters. The topological polar surface area (TPSA) is 109 Å². The number of carbonyl (C=O) groups is 3. The Morgan fingerprint density at radius 2 is 1.79 bits per heavy atom. The molecule has 2 amide bonds. The monoisotopic (exact) mass is 412 g/mol. The summed E-state index contributed by atoms with van der Waals surface area (Å²) in [5.74, 6) is -1.77. The summed E-state index contributed by atoms with van der Waals surface area (Å²) in [7, 11) is 0. The van der Waals surface area contributed by atoms with Crippen LogP contribution in [0.4, 0.5) is 17.1 Å². The van der Waals surface area contributed by atoms with E-state index in [1.165, 1.54) is 0 Å². The Morgan fingerprint density at radius 1 is 1.03 bits per heavy atom. The molecule has 29 heavy (non-hydrogen) atoms. The molecule has 8 nitrogen and oxygen atoms in total. The molecule has 2 N–H and O–H groups in total. The van der Waals surface area contributed by atoms with Gasteiger partial charge in [-0.25, -0.2) is 4.79 Å². The van der Waals surface area contributed by atoms with Crippen LogP contribution < -0.4 is 10.6 Å². The fourth-order valence-corrected chi connectivity index (χ4v) is 3.18. The molecule has 2 aromatic carbocycles. The summed E-state index contributed by atoms with van der Waals surface area (Å²) in [5.41, 5.74) is 2.18. The molecule has 0 saturated heterocycles. The molecular weight excluding hydrogens is 392 g/mol. The van der Waals surface area contributed by atoms with Crippen LogP contribution in [0.3, 0.4) is 0 Å². The Kier molecular flexibility index (Phi) is 6.50. The highest BCUT2D eigenvalue weighted by molar-refractivity contribution is 7.58. The van der Waals surface area contributed by atoms with Crippen molar-refractivity contribution in [3.63, 3.8) is 0 Å². The quantitative estimate of drug-likeness (QED) is 0.580. The molecule has 1 aliphatic heterocycles. The zero-order valence-corrected chi connectivity index (χ0v) is 16.7. The Bertz CT molecular complexity index is 1000. The van der Waals surface area contributed by atoms with E-state index in [2.05, 4.69) is 19.4 Å². The highest BCUT2D eigenvalue weighted by Gasteiger charge is 2.27. The van der Waals surface area contributed by atoms with Crippen LogP contribution in [0.25, 0.3) is 0 Å². The van der Waals surface area contributed by atoms with E-state index in [0.29, 0.717) is 22.6 Å². The average Bonchev–Trinajstić information content (AvgIpc) is 3.20. The van der Waals surface area contributed by atoms with Gasteiger partial charge in [-0.2, -0.15) is 8.73 Å². The molecule has 9 heteroatoms. The number of fused-ring (bicyclic) bond motifs is 1. The first-order valence-electron chi connectivity index (χ1n) is 8.99. The Morgan fingerprint density at radius 3 is 2.52 bits per heavy atom. The summed E-state index contributed by atoms with van der Waals surface area (Å²) in [6.07, 6.45) is 0. The second-order valence-corrected chi connectivity index (χ2v) is 7.18. The predicted octanol–water partition coefficient (Wildman–Crippen LogP) is 3.35. The molecule has 0 fully saturated rings.